The third-order valence-corrected chi connectivity index (χ3v) is 3.96. The highest BCUT2D eigenvalue weighted by Crippen LogP contribution is 2.32. The molecule has 1 aromatic rings. The summed E-state index contributed by atoms with van der Waals surface area (Å²) in [6.07, 6.45) is 6.03. The van der Waals surface area contributed by atoms with Crippen molar-refractivity contribution in [3.8, 4) is 0 Å². The molecule has 2 heterocycles. The molecule has 1 aromatic heterocycles. The van der Waals surface area contributed by atoms with Gasteiger partial charge in [0.05, 0.1) is 4.47 Å². The molecule has 1 saturated heterocycles. The van der Waals surface area contributed by atoms with E-state index in [-0.39, 0.29) is 6.61 Å². The van der Waals surface area contributed by atoms with Gasteiger partial charge >= 0.3 is 0 Å². The molecular weight excluding hydrogens is 308 g/mol. The van der Waals surface area contributed by atoms with Crippen LogP contribution in [-0.2, 0) is 0 Å². The van der Waals surface area contributed by atoms with E-state index in [0.717, 1.165) is 36.2 Å². The van der Waals surface area contributed by atoms with E-state index in [1.54, 1.807) is 0 Å². The van der Waals surface area contributed by atoms with E-state index >= 15 is 0 Å². The summed E-state index contributed by atoms with van der Waals surface area (Å²) in [7, 11) is 0. The molecule has 2 N–H and O–H groups in total. The normalized spacial score (nSPS) is 18.9. The number of aromatic nitrogens is 2. The average Bonchev–Trinajstić information content (AvgIpc) is 2.87. The van der Waals surface area contributed by atoms with Crippen molar-refractivity contribution >= 4 is 27.7 Å². The van der Waals surface area contributed by atoms with Crippen LogP contribution in [0, 0.1) is 0 Å². The van der Waals surface area contributed by atoms with E-state index < -0.39 is 0 Å². The fraction of sp³-hybridized carbons (Fsp3) is 0.692. The summed E-state index contributed by atoms with van der Waals surface area (Å²) in [6.45, 7) is 4.13. The van der Waals surface area contributed by atoms with Gasteiger partial charge in [0.1, 0.15) is 5.82 Å². The van der Waals surface area contributed by atoms with E-state index in [1.807, 2.05) is 13.1 Å². The Kier molecular flexibility index (Phi) is 5.39. The number of aliphatic hydroxyl groups is 1. The second-order valence-electron chi connectivity index (χ2n) is 4.75. The van der Waals surface area contributed by atoms with Crippen LogP contribution in [-0.4, -0.2) is 40.8 Å². The van der Waals surface area contributed by atoms with Crippen LogP contribution in [0.1, 0.15) is 32.6 Å². The predicted molar refractivity (Wildman–Crippen MR) is 80.6 cm³/mol. The Morgan fingerprint density at radius 3 is 3.16 bits per heavy atom. The summed E-state index contributed by atoms with van der Waals surface area (Å²) in [6, 6.07) is 0.479. The van der Waals surface area contributed by atoms with Crippen LogP contribution < -0.4 is 10.2 Å². The van der Waals surface area contributed by atoms with Crippen molar-refractivity contribution in [2.24, 2.45) is 0 Å². The van der Waals surface area contributed by atoms with Gasteiger partial charge < -0.3 is 15.3 Å². The first kappa shape index (κ1) is 14.5. The average molecular weight is 329 g/mol. The molecule has 6 heteroatoms. The Morgan fingerprint density at radius 1 is 1.58 bits per heavy atom. The Hall–Kier alpha value is -0.880. The maximum Gasteiger partial charge on any atom is 0.224 e. The second-order valence-corrected chi connectivity index (χ2v) is 5.61. The molecule has 19 heavy (non-hydrogen) atoms. The van der Waals surface area contributed by atoms with Crippen molar-refractivity contribution in [1.82, 2.24) is 9.97 Å². The number of anilines is 2. The molecule has 1 unspecified atom stereocenters. The first-order chi connectivity index (χ1) is 9.26. The van der Waals surface area contributed by atoms with Crippen LogP contribution in [0.2, 0.25) is 0 Å². The molecule has 0 bridgehead atoms. The van der Waals surface area contributed by atoms with Gasteiger partial charge in [-0.15, -0.1) is 0 Å². The topological polar surface area (TPSA) is 61.3 Å². The molecule has 0 radical (unpaired) electrons. The fourth-order valence-corrected chi connectivity index (χ4v) is 2.96. The van der Waals surface area contributed by atoms with Crippen LogP contribution in [0.15, 0.2) is 10.7 Å². The summed E-state index contributed by atoms with van der Waals surface area (Å²) >= 11 is 3.54. The fourth-order valence-electron chi connectivity index (χ4n) is 2.54. The number of aliphatic hydroxyl groups excluding tert-OH is 1. The smallest absolute Gasteiger partial charge is 0.224 e. The van der Waals surface area contributed by atoms with Gasteiger partial charge in [0, 0.05) is 31.9 Å². The van der Waals surface area contributed by atoms with Gasteiger partial charge in [0.15, 0.2) is 0 Å². The summed E-state index contributed by atoms with van der Waals surface area (Å²) in [5, 5.41) is 12.1. The summed E-state index contributed by atoms with van der Waals surface area (Å²) in [4.78, 5) is 11.2. The lowest BCUT2D eigenvalue weighted by Crippen LogP contribution is -2.30. The number of hydrogen-bond donors (Lipinski definition) is 2. The van der Waals surface area contributed by atoms with Gasteiger partial charge in [0.25, 0.3) is 0 Å². The number of nitrogens with zero attached hydrogens (tertiary/aromatic N) is 3. The number of nitrogens with one attached hydrogen (secondary N) is 1. The van der Waals surface area contributed by atoms with Crippen molar-refractivity contribution < 1.29 is 5.11 Å². The minimum atomic E-state index is 0.262. The molecule has 0 saturated carbocycles. The maximum absolute atomic E-state index is 8.99. The molecule has 0 aliphatic carbocycles. The molecule has 0 aromatic carbocycles. The van der Waals surface area contributed by atoms with Gasteiger partial charge in [-0.3, -0.25) is 0 Å². The van der Waals surface area contributed by atoms with Gasteiger partial charge in [-0.1, -0.05) is 0 Å². The largest absolute Gasteiger partial charge is 0.396 e. The molecule has 0 spiro atoms. The zero-order chi connectivity index (χ0) is 13.7. The minimum Gasteiger partial charge on any atom is -0.396 e. The zero-order valence-corrected chi connectivity index (χ0v) is 12.9. The number of hydrogen-bond acceptors (Lipinski definition) is 5. The van der Waals surface area contributed by atoms with Crippen LogP contribution in [0.3, 0.4) is 0 Å². The molecule has 2 rings (SSSR count). The molecule has 0 amide bonds. The Bertz CT molecular complexity index is 416. The third kappa shape index (κ3) is 3.57. The number of rotatable bonds is 6. The maximum atomic E-state index is 8.99. The first-order valence-corrected chi connectivity index (χ1v) is 7.69. The molecule has 1 fully saturated rings. The van der Waals surface area contributed by atoms with E-state index in [1.165, 1.54) is 12.8 Å². The Balaban J connectivity index is 2.16. The van der Waals surface area contributed by atoms with E-state index in [9.17, 15) is 0 Å². The highest BCUT2D eigenvalue weighted by Gasteiger charge is 2.27. The van der Waals surface area contributed by atoms with Crippen molar-refractivity contribution in [2.75, 3.05) is 29.9 Å². The van der Waals surface area contributed by atoms with Gasteiger partial charge in [-0.2, -0.15) is 4.98 Å². The minimum absolute atomic E-state index is 0.262. The molecule has 5 nitrogen and oxygen atoms in total. The zero-order valence-electron chi connectivity index (χ0n) is 11.3. The molecule has 106 valence electrons. The summed E-state index contributed by atoms with van der Waals surface area (Å²) < 4.78 is 0.935. The second kappa shape index (κ2) is 7.05. The van der Waals surface area contributed by atoms with Gasteiger partial charge in [0.2, 0.25) is 5.95 Å². The van der Waals surface area contributed by atoms with Crippen LogP contribution in [0.25, 0.3) is 0 Å². The van der Waals surface area contributed by atoms with E-state index in [4.69, 9.17) is 5.11 Å². The molecular formula is C13H21BrN4O. The van der Waals surface area contributed by atoms with Crippen molar-refractivity contribution in [3.05, 3.63) is 10.7 Å². The van der Waals surface area contributed by atoms with E-state index in [2.05, 4.69) is 36.1 Å². The van der Waals surface area contributed by atoms with Crippen molar-refractivity contribution in [1.29, 1.82) is 0 Å². The highest BCUT2D eigenvalue weighted by molar-refractivity contribution is 9.10. The lowest BCUT2D eigenvalue weighted by molar-refractivity contribution is 0.279. The Morgan fingerprint density at radius 2 is 2.42 bits per heavy atom. The standard InChI is InChI=1S/C13H21BrN4O/c1-2-15-13-16-9-11(14)12(17-13)18-7-3-5-10(18)6-4-8-19/h9-10,19H,2-8H2,1H3,(H,15,16,17). The number of halogens is 1. The predicted octanol–water partition coefficient (Wildman–Crippen LogP) is 2.41. The lowest BCUT2D eigenvalue weighted by atomic mass is 10.1. The SMILES string of the molecule is CCNc1ncc(Br)c(N2CCCC2CCCO)n1. The van der Waals surface area contributed by atoms with Crippen LogP contribution in [0.5, 0.6) is 0 Å². The van der Waals surface area contributed by atoms with Crippen LogP contribution in [0.4, 0.5) is 11.8 Å². The first-order valence-electron chi connectivity index (χ1n) is 6.90. The van der Waals surface area contributed by atoms with Gasteiger partial charge in [-0.05, 0) is 48.5 Å². The lowest BCUT2D eigenvalue weighted by Gasteiger charge is -2.26. The molecule has 1 aliphatic heterocycles. The quantitative estimate of drug-likeness (QED) is 0.839. The summed E-state index contributed by atoms with van der Waals surface area (Å²) in [5.41, 5.74) is 0. The van der Waals surface area contributed by atoms with Crippen molar-refractivity contribution in [2.45, 2.75) is 38.6 Å². The van der Waals surface area contributed by atoms with E-state index in [0.29, 0.717) is 12.0 Å². The Labute approximate surface area is 122 Å². The van der Waals surface area contributed by atoms with Gasteiger partial charge in [-0.25, -0.2) is 4.98 Å². The van der Waals surface area contributed by atoms with Crippen LogP contribution >= 0.6 is 15.9 Å². The molecule has 1 aliphatic rings. The van der Waals surface area contributed by atoms with Crippen molar-refractivity contribution in [3.63, 3.8) is 0 Å². The summed E-state index contributed by atoms with van der Waals surface area (Å²) in [5.74, 6) is 1.64. The highest BCUT2D eigenvalue weighted by atomic mass is 79.9. The third-order valence-electron chi connectivity index (χ3n) is 3.41. The monoisotopic (exact) mass is 328 g/mol. The molecule has 1 atom stereocenters.